The Hall–Kier alpha value is -1.88. The van der Waals surface area contributed by atoms with Gasteiger partial charge in [-0.25, -0.2) is 9.86 Å². The Morgan fingerprint density at radius 2 is 1.65 bits per heavy atom. The summed E-state index contributed by atoms with van der Waals surface area (Å²) in [6.45, 7) is 12.9. The number of carbonyl (C=O) groups is 2. The zero-order chi connectivity index (χ0) is 17.9. The number of rotatable bonds is 6. The molecule has 1 unspecified atom stereocenters. The number of esters is 1. The third-order valence-electron chi connectivity index (χ3n) is 3.87. The molecule has 128 valence electrons. The van der Waals surface area contributed by atoms with Crippen molar-refractivity contribution < 1.29 is 19.2 Å². The molecular formula is C18H27NO4. The van der Waals surface area contributed by atoms with Crippen molar-refractivity contribution in [3.05, 3.63) is 28.3 Å². The molecule has 23 heavy (non-hydrogen) atoms. The number of carbonyl (C=O) groups excluding carboxylic acids is 2. The lowest BCUT2D eigenvalue weighted by Gasteiger charge is -2.33. The van der Waals surface area contributed by atoms with Crippen LogP contribution in [0, 0.1) is 20.8 Å². The first kappa shape index (κ1) is 19.2. The molecule has 5 heteroatoms. The highest BCUT2D eigenvalue weighted by atomic mass is 16.7. The molecule has 0 radical (unpaired) electrons. The van der Waals surface area contributed by atoms with Crippen LogP contribution in [0.5, 0.6) is 0 Å². The van der Waals surface area contributed by atoms with Crippen molar-refractivity contribution in [1.82, 2.24) is 0 Å². The number of hydroxylamine groups is 1. The van der Waals surface area contributed by atoms with Gasteiger partial charge in [0.15, 0.2) is 11.8 Å². The summed E-state index contributed by atoms with van der Waals surface area (Å²) in [6.07, 6.45) is -0.103. The smallest absolute Gasteiger partial charge is 0.330 e. The molecule has 0 aliphatic carbocycles. The van der Waals surface area contributed by atoms with Crippen LogP contribution in [0.3, 0.4) is 0 Å². The second-order valence-corrected chi connectivity index (χ2v) is 6.07. The SMILES string of the molecule is COC(=O)C(C)N(OC(C)C)c1c(C)cc(C(C)=O)c(C)c1C. The van der Waals surface area contributed by atoms with E-state index in [1.54, 1.807) is 18.9 Å². The van der Waals surface area contributed by atoms with Crippen LogP contribution >= 0.6 is 0 Å². The van der Waals surface area contributed by atoms with Crippen LogP contribution < -0.4 is 5.06 Å². The molecule has 0 saturated carbocycles. The first-order valence-electron chi connectivity index (χ1n) is 7.77. The number of nitrogens with zero attached hydrogens (tertiary/aromatic N) is 1. The number of ether oxygens (including phenoxy) is 1. The Bertz CT molecular complexity index is 608. The second-order valence-electron chi connectivity index (χ2n) is 6.07. The van der Waals surface area contributed by atoms with Gasteiger partial charge in [0.1, 0.15) is 0 Å². The van der Waals surface area contributed by atoms with Crippen molar-refractivity contribution in [2.45, 2.75) is 60.6 Å². The van der Waals surface area contributed by atoms with Crippen molar-refractivity contribution in [3.63, 3.8) is 0 Å². The third kappa shape index (κ3) is 4.10. The Kier molecular flexibility index (Phi) is 6.33. The number of anilines is 1. The number of methoxy groups -OCH3 is 1. The maximum atomic E-state index is 12.0. The lowest BCUT2D eigenvalue weighted by atomic mass is 9.95. The largest absolute Gasteiger partial charge is 0.467 e. The van der Waals surface area contributed by atoms with Crippen LogP contribution in [0.1, 0.15) is 54.7 Å². The van der Waals surface area contributed by atoms with Gasteiger partial charge in [-0.15, -0.1) is 0 Å². The van der Waals surface area contributed by atoms with Gasteiger partial charge in [0.2, 0.25) is 0 Å². The zero-order valence-electron chi connectivity index (χ0n) is 15.3. The maximum absolute atomic E-state index is 12.0. The fourth-order valence-electron chi connectivity index (χ4n) is 2.60. The Morgan fingerprint density at radius 1 is 1.09 bits per heavy atom. The highest BCUT2D eigenvalue weighted by Crippen LogP contribution is 2.32. The average molecular weight is 321 g/mol. The summed E-state index contributed by atoms with van der Waals surface area (Å²) >= 11 is 0. The summed E-state index contributed by atoms with van der Waals surface area (Å²) in [5, 5.41) is 1.60. The van der Waals surface area contributed by atoms with Crippen molar-refractivity contribution in [2.75, 3.05) is 12.2 Å². The average Bonchev–Trinajstić information content (AvgIpc) is 2.47. The van der Waals surface area contributed by atoms with E-state index in [0.717, 1.165) is 22.4 Å². The van der Waals surface area contributed by atoms with Gasteiger partial charge >= 0.3 is 5.97 Å². The van der Waals surface area contributed by atoms with Crippen LogP contribution in [0.15, 0.2) is 6.07 Å². The van der Waals surface area contributed by atoms with Crippen LogP contribution in [-0.4, -0.2) is 31.0 Å². The highest BCUT2D eigenvalue weighted by molar-refractivity contribution is 5.97. The number of hydrogen-bond acceptors (Lipinski definition) is 5. The summed E-state index contributed by atoms with van der Waals surface area (Å²) in [6, 6.07) is 1.25. The molecule has 0 aromatic heterocycles. The summed E-state index contributed by atoms with van der Waals surface area (Å²) in [5.74, 6) is -0.352. The molecule has 0 fully saturated rings. The van der Waals surface area contributed by atoms with Crippen LogP contribution in [0.4, 0.5) is 5.69 Å². The predicted octanol–water partition coefficient (Wildman–Crippen LogP) is 3.52. The number of aryl methyl sites for hydroxylation is 1. The molecule has 1 rings (SSSR count). The Balaban J connectivity index is 3.50. The molecule has 1 aromatic rings. The number of ketones is 1. The third-order valence-corrected chi connectivity index (χ3v) is 3.87. The quantitative estimate of drug-likeness (QED) is 0.456. The van der Waals surface area contributed by atoms with E-state index in [-0.39, 0.29) is 17.9 Å². The summed E-state index contributed by atoms with van der Waals surface area (Å²) in [7, 11) is 1.36. The fraction of sp³-hybridized carbons (Fsp3) is 0.556. The normalized spacial score (nSPS) is 12.2. The van der Waals surface area contributed by atoms with E-state index in [4.69, 9.17) is 9.57 Å². The zero-order valence-corrected chi connectivity index (χ0v) is 15.3. The molecular weight excluding hydrogens is 294 g/mol. The molecule has 1 atom stereocenters. The summed E-state index contributed by atoms with van der Waals surface area (Å²) in [4.78, 5) is 29.7. The maximum Gasteiger partial charge on any atom is 0.330 e. The molecule has 0 aliphatic heterocycles. The lowest BCUT2D eigenvalue weighted by Crippen LogP contribution is -2.42. The van der Waals surface area contributed by atoms with Gasteiger partial charge in [-0.2, -0.15) is 0 Å². The van der Waals surface area contributed by atoms with Gasteiger partial charge in [0.05, 0.1) is 18.9 Å². The molecule has 0 spiro atoms. The van der Waals surface area contributed by atoms with E-state index in [9.17, 15) is 9.59 Å². The van der Waals surface area contributed by atoms with E-state index in [1.807, 2.05) is 40.7 Å². The van der Waals surface area contributed by atoms with Gasteiger partial charge in [-0.3, -0.25) is 9.63 Å². The van der Waals surface area contributed by atoms with E-state index in [0.29, 0.717) is 5.56 Å². The molecule has 0 bridgehead atoms. The number of Topliss-reactive ketones (excluding diaryl/α,β-unsaturated/α-hetero) is 1. The second kappa shape index (κ2) is 7.59. The minimum Gasteiger partial charge on any atom is -0.467 e. The summed E-state index contributed by atoms with van der Waals surface area (Å²) < 4.78 is 4.85. The summed E-state index contributed by atoms with van der Waals surface area (Å²) in [5.41, 5.74) is 4.20. The molecule has 0 heterocycles. The van der Waals surface area contributed by atoms with Crippen LogP contribution in [0.2, 0.25) is 0 Å². The molecule has 0 saturated heterocycles. The van der Waals surface area contributed by atoms with E-state index in [1.165, 1.54) is 7.11 Å². The molecule has 0 amide bonds. The molecule has 1 aromatic carbocycles. The van der Waals surface area contributed by atoms with E-state index in [2.05, 4.69) is 0 Å². The number of benzene rings is 1. The molecule has 0 aliphatic rings. The highest BCUT2D eigenvalue weighted by Gasteiger charge is 2.28. The topological polar surface area (TPSA) is 55.8 Å². The van der Waals surface area contributed by atoms with Gasteiger partial charge in [0, 0.05) is 5.56 Å². The van der Waals surface area contributed by atoms with Gasteiger partial charge in [0.25, 0.3) is 0 Å². The Morgan fingerprint density at radius 3 is 2.09 bits per heavy atom. The first-order valence-corrected chi connectivity index (χ1v) is 7.77. The van der Waals surface area contributed by atoms with Crippen LogP contribution in [0.25, 0.3) is 0 Å². The van der Waals surface area contributed by atoms with Crippen molar-refractivity contribution in [1.29, 1.82) is 0 Å². The van der Waals surface area contributed by atoms with Crippen molar-refractivity contribution in [2.24, 2.45) is 0 Å². The number of hydrogen-bond donors (Lipinski definition) is 0. The van der Waals surface area contributed by atoms with Gasteiger partial charge in [-0.05, 0) is 71.2 Å². The minimum absolute atomic E-state index is 0.0256. The molecule has 0 N–H and O–H groups in total. The lowest BCUT2D eigenvalue weighted by molar-refractivity contribution is -0.144. The monoisotopic (exact) mass is 321 g/mol. The first-order chi connectivity index (χ1) is 10.6. The van der Waals surface area contributed by atoms with Crippen LogP contribution in [-0.2, 0) is 14.4 Å². The Labute approximate surface area is 138 Å². The minimum atomic E-state index is -0.595. The predicted molar refractivity (Wildman–Crippen MR) is 90.8 cm³/mol. The van der Waals surface area contributed by atoms with Crippen molar-refractivity contribution in [3.8, 4) is 0 Å². The van der Waals surface area contributed by atoms with Gasteiger partial charge < -0.3 is 4.74 Å². The van der Waals surface area contributed by atoms with Gasteiger partial charge in [-0.1, -0.05) is 0 Å². The molecule has 5 nitrogen and oxygen atoms in total. The van der Waals surface area contributed by atoms with Crippen molar-refractivity contribution >= 4 is 17.4 Å². The van der Waals surface area contributed by atoms with E-state index >= 15 is 0 Å². The van der Waals surface area contributed by atoms with E-state index < -0.39 is 6.04 Å². The fourth-order valence-corrected chi connectivity index (χ4v) is 2.60. The standard InChI is InChI=1S/C18H27NO4/c1-10(2)23-19(14(6)18(21)22-8)17-11(3)9-16(15(7)20)12(4)13(17)5/h9-10,14H,1-8H3.